The van der Waals surface area contributed by atoms with Crippen LogP contribution in [0.5, 0.6) is 0 Å². The van der Waals surface area contributed by atoms with Crippen molar-refractivity contribution in [1.29, 1.82) is 0 Å². The van der Waals surface area contributed by atoms with Crippen LogP contribution < -0.4 is 5.32 Å². The summed E-state index contributed by atoms with van der Waals surface area (Å²) in [6.07, 6.45) is 3.65. The quantitative estimate of drug-likeness (QED) is 0.842. The molecule has 0 spiro atoms. The van der Waals surface area contributed by atoms with Crippen LogP contribution in [0.3, 0.4) is 0 Å². The first-order valence-electron chi connectivity index (χ1n) is 6.16. The average Bonchev–Trinajstić information content (AvgIpc) is 2.63. The topological polar surface area (TPSA) is 17.0 Å². The predicted octanol–water partition coefficient (Wildman–Crippen LogP) is 3.85. The van der Waals surface area contributed by atoms with E-state index in [0.29, 0.717) is 6.04 Å². The summed E-state index contributed by atoms with van der Waals surface area (Å²) >= 11 is 6.12. The molecule has 1 atom stereocenters. The van der Waals surface area contributed by atoms with Crippen molar-refractivity contribution in [3.05, 3.63) is 34.5 Å². The van der Waals surface area contributed by atoms with Crippen LogP contribution in [0.1, 0.15) is 30.1 Å². The van der Waals surface area contributed by atoms with Gasteiger partial charge >= 0.3 is 0 Å². The average molecular weight is 285 g/mol. The third-order valence-corrected chi connectivity index (χ3v) is 4.15. The summed E-state index contributed by atoms with van der Waals surface area (Å²) in [4.78, 5) is 0. The van der Waals surface area contributed by atoms with Crippen molar-refractivity contribution in [3.8, 4) is 0 Å². The molecule has 0 radical (unpaired) electrons. The van der Waals surface area contributed by atoms with Crippen molar-refractivity contribution < 1.29 is 0 Å². The van der Waals surface area contributed by atoms with E-state index in [1.807, 2.05) is 13.1 Å². The number of nitrogens with one attached hydrogen (secondary N) is 1. The fraction of sp³-hybridized carbons (Fsp3) is 0.429. The molecule has 0 aliphatic heterocycles. The van der Waals surface area contributed by atoms with Gasteiger partial charge in [-0.15, -0.1) is 12.4 Å². The number of aryl methyl sites for hydroxylation is 2. The second-order valence-corrected chi connectivity index (χ2v) is 5.25. The van der Waals surface area contributed by atoms with E-state index in [4.69, 9.17) is 11.6 Å². The smallest absolute Gasteiger partial charge is 0.0484 e. The molecule has 0 fully saturated rings. The van der Waals surface area contributed by atoms with Crippen molar-refractivity contribution in [2.45, 2.75) is 25.3 Å². The number of aromatic nitrogens is 1. The molecular formula is C14H18Cl2N2. The number of fused-ring (bicyclic) bond motifs is 3. The van der Waals surface area contributed by atoms with E-state index in [9.17, 15) is 0 Å². The molecule has 18 heavy (non-hydrogen) atoms. The second-order valence-electron chi connectivity index (χ2n) is 4.82. The van der Waals surface area contributed by atoms with E-state index >= 15 is 0 Å². The minimum Gasteiger partial charge on any atom is -0.346 e. The summed E-state index contributed by atoms with van der Waals surface area (Å²) in [5.41, 5.74) is 4.22. The minimum absolute atomic E-state index is 0. The molecule has 0 bridgehead atoms. The Hall–Kier alpha value is -0.700. The summed E-state index contributed by atoms with van der Waals surface area (Å²) in [6, 6.07) is 6.69. The lowest BCUT2D eigenvalue weighted by Crippen LogP contribution is -2.23. The third-order valence-electron chi connectivity index (χ3n) is 3.91. The molecule has 1 N–H and O–H groups in total. The molecule has 0 saturated heterocycles. The Bertz CT molecular complexity index is 575. The Balaban J connectivity index is 0.00000120. The molecule has 2 nitrogen and oxygen atoms in total. The lowest BCUT2D eigenvalue weighted by molar-refractivity contribution is 0.474. The number of rotatable bonds is 1. The largest absolute Gasteiger partial charge is 0.346 e. The zero-order chi connectivity index (χ0) is 12.0. The lowest BCUT2D eigenvalue weighted by Gasteiger charge is -2.24. The first-order valence-corrected chi connectivity index (χ1v) is 6.54. The molecular weight excluding hydrogens is 267 g/mol. The maximum atomic E-state index is 6.12. The van der Waals surface area contributed by atoms with Crippen molar-refractivity contribution in [3.63, 3.8) is 0 Å². The van der Waals surface area contributed by atoms with Crippen LogP contribution in [0, 0.1) is 0 Å². The normalized spacial score (nSPS) is 18.5. The second kappa shape index (κ2) is 5.12. The van der Waals surface area contributed by atoms with E-state index in [1.165, 1.54) is 41.4 Å². The first kappa shape index (κ1) is 13.7. The highest BCUT2D eigenvalue weighted by molar-refractivity contribution is 6.31. The Morgan fingerprint density at radius 3 is 2.89 bits per heavy atom. The summed E-state index contributed by atoms with van der Waals surface area (Å²) in [5, 5.41) is 5.58. The molecule has 1 aliphatic rings. The van der Waals surface area contributed by atoms with E-state index in [-0.39, 0.29) is 12.4 Å². The summed E-state index contributed by atoms with van der Waals surface area (Å²) in [7, 11) is 4.20. The van der Waals surface area contributed by atoms with E-state index in [1.54, 1.807) is 0 Å². The molecule has 98 valence electrons. The highest BCUT2D eigenvalue weighted by Gasteiger charge is 2.25. The van der Waals surface area contributed by atoms with Crippen LogP contribution in [0.4, 0.5) is 0 Å². The molecule has 1 aliphatic carbocycles. The Labute approximate surface area is 119 Å². The molecule has 4 heteroatoms. The van der Waals surface area contributed by atoms with Gasteiger partial charge < -0.3 is 9.88 Å². The zero-order valence-electron chi connectivity index (χ0n) is 10.7. The lowest BCUT2D eigenvalue weighted by atomic mass is 9.92. The third kappa shape index (κ3) is 1.93. The molecule has 3 rings (SSSR count). The van der Waals surface area contributed by atoms with E-state index in [0.717, 1.165) is 5.02 Å². The van der Waals surface area contributed by atoms with Gasteiger partial charge in [0, 0.05) is 34.7 Å². The molecule has 1 aromatic heterocycles. The zero-order valence-corrected chi connectivity index (χ0v) is 12.2. The van der Waals surface area contributed by atoms with Gasteiger partial charge in [-0.3, -0.25) is 0 Å². The van der Waals surface area contributed by atoms with Crippen molar-refractivity contribution in [2.24, 2.45) is 7.05 Å². The van der Waals surface area contributed by atoms with Gasteiger partial charge in [-0.25, -0.2) is 0 Å². The SMILES string of the molecule is CNC1CCCc2c1n(C)c1ccc(Cl)cc21.Cl. The highest BCUT2D eigenvalue weighted by atomic mass is 35.5. The fourth-order valence-electron chi connectivity index (χ4n) is 3.12. The van der Waals surface area contributed by atoms with Crippen molar-refractivity contribution >= 4 is 34.9 Å². The van der Waals surface area contributed by atoms with Gasteiger partial charge in [0.25, 0.3) is 0 Å². The van der Waals surface area contributed by atoms with Crippen molar-refractivity contribution in [2.75, 3.05) is 7.05 Å². The van der Waals surface area contributed by atoms with Gasteiger partial charge in [-0.2, -0.15) is 0 Å². The van der Waals surface area contributed by atoms with Crippen molar-refractivity contribution in [1.82, 2.24) is 9.88 Å². The maximum Gasteiger partial charge on any atom is 0.0484 e. The number of hydrogen-bond donors (Lipinski definition) is 1. The van der Waals surface area contributed by atoms with Crippen LogP contribution >= 0.6 is 24.0 Å². The standard InChI is InChI=1S/C14H17ClN2.ClH/c1-16-12-5-3-4-10-11-8-9(15)6-7-13(11)17(2)14(10)12;/h6-8,12,16H,3-5H2,1-2H3;1H. The van der Waals surface area contributed by atoms with Crippen LogP contribution in [-0.4, -0.2) is 11.6 Å². The molecule has 1 unspecified atom stereocenters. The Morgan fingerprint density at radius 1 is 1.39 bits per heavy atom. The van der Waals surface area contributed by atoms with E-state index in [2.05, 4.69) is 29.1 Å². The van der Waals surface area contributed by atoms with E-state index < -0.39 is 0 Å². The van der Waals surface area contributed by atoms with Gasteiger partial charge in [0.15, 0.2) is 0 Å². The molecule has 1 aromatic carbocycles. The number of benzene rings is 1. The summed E-state index contributed by atoms with van der Waals surface area (Å²) < 4.78 is 2.32. The van der Waals surface area contributed by atoms with Gasteiger partial charge in [-0.05, 0) is 50.1 Å². The van der Waals surface area contributed by atoms with Gasteiger partial charge in [0.05, 0.1) is 0 Å². The molecule has 0 saturated carbocycles. The molecule has 2 aromatic rings. The number of hydrogen-bond acceptors (Lipinski definition) is 1. The van der Waals surface area contributed by atoms with Crippen LogP contribution in [-0.2, 0) is 13.5 Å². The molecule has 0 amide bonds. The number of nitrogens with zero attached hydrogens (tertiary/aromatic N) is 1. The first-order chi connectivity index (χ1) is 8.22. The Kier molecular flexibility index (Phi) is 3.90. The number of halogens is 2. The summed E-state index contributed by atoms with van der Waals surface area (Å²) in [6.45, 7) is 0. The predicted molar refractivity (Wildman–Crippen MR) is 79.9 cm³/mol. The summed E-state index contributed by atoms with van der Waals surface area (Å²) in [5.74, 6) is 0. The van der Waals surface area contributed by atoms with Gasteiger partial charge in [-0.1, -0.05) is 11.6 Å². The van der Waals surface area contributed by atoms with Gasteiger partial charge in [0.2, 0.25) is 0 Å². The maximum absolute atomic E-state index is 6.12. The monoisotopic (exact) mass is 284 g/mol. The van der Waals surface area contributed by atoms with Crippen LogP contribution in [0.25, 0.3) is 10.9 Å². The minimum atomic E-state index is 0. The van der Waals surface area contributed by atoms with Crippen LogP contribution in [0.2, 0.25) is 5.02 Å². The van der Waals surface area contributed by atoms with Crippen LogP contribution in [0.15, 0.2) is 18.2 Å². The molecule has 1 heterocycles. The Morgan fingerprint density at radius 2 is 2.17 bits per heavy atom. The fourth-order valence-corrected chi connectivity index (χ4v) is 3.29. The highest BCUT2D eigenvalue weighted by Crippen LogP contribution is 2.37. The van der Waals surface area contributed by atoms with Gasteiger partial charge in [0.1, 0.15) is 0 Å².